The summed E-state index contributed by atoms with van der Waals surface area (Å²) in [6.07, 6.45) is 10.6. The van der Waals surface area contributed by atoms with E-state index in [9.17, 15) is 13.2 Å². The van der Waals surface area contributed by atoms with E-state index in [1.165, 1.54) is 37.7 Å². The van der Waals surface area contributed by atoms with Crippen LogP contribution in [0.15, 0.2) is 58.1 Å². The number of nitrogens with zero attached hydrogens (tertiary/aromatic N) is 1. The summed E-state index contributed by atoms with van der Waals surface area (Å²) >= 11 is 0. The maximum atomic E-state index is 12.6. The molecule has 2 aromatic rings. The summed E-state index contributed by atoms with van der Waals surface area (Å²) in [6, 6.07) is 10.2. The Morgan fingerprint density at radius 1 is 1.17 bits per heavy atom. The first-order valence-corrected chi connectivity index (χ1v) is 11.6. The third-order valence-electron chi connectivity index (χ3n) is 5.26. The Bertz CT molecular complexity index is 912. The van der Waals surface area contributed by atoms with Crippen LogP contribution in [0.1, 0.15) is 50.4 Å². The first-order valence-electron chi connectivity index (χ1n) is 10.1. The zero-order valence-corrected chi connectivity index (χ0v) is 17.5. The summed E-state index contributed by atoms with van der Waals surface area (Å²) in [4.78, 5) is 14.7. The maximum absolute atomic E-state index is 12.6. The van der Waals surface area contributed by atoms with Crippen LogP contribution >= 0.6 is 0 Å². The van der Waals surface area contributed by atoms with Crippen molar-refractivity contribution in [3.63, 3.8) is 0 Å². The standard InChI is InChI=1S/C22H28N2O4S/c1-2-24(19-7-4-3-5-8-19)22(25)15-12-18-10-13-21(14-11-18)29(26,27)23-17-20-9-6-16-28-20/h6,9-16,19,23H,2-5,7-8,17H2,1H3/b15-12+. The number of amides is 1. The summed E-state index contributed by atoms with van der Waals surface area (Å²) in [7, 11) is -3.63. The second kappa shape index (κ2) is 9.89. The molecule has 0 atom stereocenters. The molecule has 1 aliphatic carbocycles. The van der Waals surface area contributed by atoms with Gasteiger partial charge in [0.2, 0.25) is 15.9 Å². The minimum atomic E-state index is -3.63. The number of benzene rings is 1. The number of likely N-dealkylation sites (N-methyl/N-ethyl adjacent to an activating group) is 1. The molecular weight excluding hydrogens is 388 g/mol. The first kappa shape index (κ1) is 21.3. The Labute approximate surface area is 172 Å². The highest BCUT2D eigenvalue weighted by Gasteiger charge is 2.22. The normalized spacial score (nSPS) is 15.6. The molecule has 1 N–H and O–H groups in total. The summed E-state index contributed by atoms with van der Waals surface area (Å²) < 4.78 is 32.4. The largest absolute Gasteiger partial charge is 0.468 e. The number of sulfonamides is 1. The summed E-state index contributed by atoms with van der Waals surface area (Å²) in [5.41, 5.74) is 0.781. The molecule has 0 saturated heterocycles. The Hall–Kier alpha value is -2.38. The minimum Gasteiger partial charge on any atom is -0.468 e. The van der Waals surface area contributed by atoms with Crippen LogP contribution in [0.3, 0.4) is 0 Å². The Morgan fingerprint density at radius 3 is 2.52 bits per heavy atom. The second-order valence-corrected chi connectivity index (χ2v) is 8.99. The molecule has 6 nitrogen and oxygen atoms in total. The third kappa shape index (κ3) is 5.81. The number of furan rings is 1. The number of hydrogen-bond donors (Lipinski definition) is 1. The molecule has 1 aromatic heterocycles. The lowest BCUT2D eigenvalue weighted by Crippen LogP contribution is -2.40. The summed E-state index contributed by atoms with van der Waals surface area (Å²) in [6.45, 7) is 2.81. The van der Waals surface area contributed by atoms with Gasteiger partial charge in [-0.1, -0.05) is 31.4 Å². The Morgan fingerprint density at radius 2 is 1.90 bits per heavy atom. The Balaban J connectivity index is 1.60. The third-order valence-corrected chi connectivity index (χ3v) is 6.68. The lowest BCUT2D eigenvalue weighted by molar-refractivity contribution is -0.128. The molecule has 0 spiro atoms. The minimum absolute atomic E-state index is 0.0104. The molecule has 0 aliphatic heterocycles. The highest BCUT2D eigenvalue weighted by molar-refractivity contribution is 7.89. The second-order valence-electron chi connectivity index (χ2n) is 7.22. The lowest BCUT2D eigenvalue weighted by Gasteiger charge is -2.32. The molecular formula is C22H28N2O4S. The van der Waals surface area contributed by atoms with Gasteiger partial charge in [-0.25, -0.2) is 13.1 Å². The van der Waals surface area contributed by atoms with Gasteiger partial charge in [0.25, 0.3) is 0 Å². The monoisotopic (exact) mass is 416 g/mol. The first-order chi connectivity index (χ1) is 14.0. The van der Waals surface area contributed by atoms with E-state index in [-0.39, 0.29) is 17.3 Å². The van der Waals surface area contributed by atoms with Crippen molar-refractivity contribution < 1.29 is 17.6 Å². The van der Waals surface area contributed by atoms with Crippen LogP contribution in [0.5, 0.6) is 0 Å². The average Bonchev–Trinajstić information content (AvgIpc) is 3.26. The van der Waals surface area contributed by atoms with Crippen LogP contribution in [0, 0.1) is 0 Å². The average molecular weight is 417 g/mol. The van der Waals surface area contributed by atoms with E-state index in [1.54, 1.807) is 36.4 Å². The molecule has 29 heavy (non-hydrogen) atoms. The van der Waals surface area contributed by atoms with Crippen molar-refractivity contribution in [1.29, 1.82) is 0 Å². The Kier molecular flexibility index (Phi) is 7.28. The van der Waals surface area contributed by atoms with Crippen molar-refractivity contribution >= 4 is 22.0 Å². The van der Waals surface area contributed by atoms with Crippen LogP contribution in [0.2, 0.25) is 0 Å². The van der Waals surface area contributed by atoms with E-state index in [2.05, 4.69) is 4.72 Å². The fourth-order valence-corrected chi connectivity index (χ4v) is 4.66. The zero-order valence-electron chi connectivity index (χ0n) is 16.7. The molecule has 1 aliphatic rings. The summed E-state index contributed by atoms with van der Waals surface area (Å²) in [5.74, 6) is 0.557. The molecule has 0 radical (unpaired) electrons. The van der Waals surface area contributed by atoms with Crippen LogP contribution in [-0.4, -0.2) is 31.8 Å². The fourth-order valence-electron chi connectivity index (χ4n) is 3.67. The maximum Gasteiger partial charge on any atom is 0.246 e. The van der Waals surface area contributed by atoms with Gasteiger partial charge in [0.05, 0.1) is 17.7 Å². The zero-order chi connectivity index (χ0) is 20.7. The molecule has 1 amide bonds. The molecule has 1 heterocycles. The van der Waals surface area contributed by atoms with Crippen molar-refractivity contribution in [1.82, 2.24) is 9.62 Å². The van der Waals surface area contributed by atoms with Gasteiger partial charge in [-0.15, -0.1) is 0 Å². The van der Waals surface area contributed by atoms with E-state index >= 15 is 0 Å². The van der Waals surface area contributed by atoms with Crippen molar-refractivity contribution in [3.8, 4) is 0 Å². The molecule has 1 saturated carbocycles. The van der Waals surface area contributed by atoms with Crippen molar-refractivity contribution in [3.05, 3.63) is 60.1 Å². The highest BCUT2D eigenvalue weighted by atomic mass is 32.2. The van der Waals surface area contributed by atoms with Gasteiger partial charge in [-0.3, -0.25) is 4.79 Å². The van der Waals surface area contributed by atoms with Gasteiger partial charge >= 0.3 is 0 Å². The molecule has 1 aromatic carbocycles. The highest BCUT2D eigenvalue weighted by Crippen LogP contribution is 2.23. The molecule has 7 heteroatoms. The van der Waals surface area contributed by atoms with Crippen LogP contribution in [0.4, 0.5) is 0 Å². The van der Waals surface area contributed by atoms with Crippen molar-refractivity contribution in [2.75, 3.05) is 6.54 Å². The number of carbonyl (C=O) groups is 1. The van der Waals surface area contributed by atoms with Crippen molar-refractivity contribution in [2.24, 2.45) is 0 Å². The van der Waals surface area contributed by atoms with Gasteiger partial charge < -0.3 is 9.32 Å². The fraction of sp³-hybridized carbons (Fsp3) is 0.409. The van der Waals surface area contributed by atoms with E-state index < -0.39 is 10.0 Å². The molecule has 1 fully saturated rings. The van der Waals surface area contributed by atoms with Gasteiger partial charge in [0, 0.05) is 18.7 Å². The van der Waals surface area contributed by atoms with E-state index in [1.807, 2.05) is 11.8 Å². The van der Waals surface area contributed by atoms with Crippen LogP contribution in [0.25, 0.3) is 6.08 Å². The van der Waals surface area contributed by atoms with Crippen molar-refractivity contribution in [2.45, 2.75) is 56.5 Å². The van der Waals surface area contributed by atoms with E-state index in [4.69, 9.17) is 4.42 Å². The predicted molar refractivity (Wildman–Crippen MR) is 112 cm³/mol. The van der Waals surface area contributed by atoms with Crippen LogP contribution < -0.4 is 4.72 Å². The number of nitrogens with one attached hydrogen (secondary N) is 1. The van der Waals surface area contributed by atoms with Gasteiger partial charge in [0.15, 0.2) is 0 Å². The molecule has 0 bridgehead atoms. The van der Waals surface area contributed by atoms with Gasteiger partial charge in [-0.05, 0) is 55.7 Å². The van der Waals surface area contributed by atoms with Crippen LogP contribution in [-0.2, 0) is 21.4 Å². The van der Waals surface area contributed by atoms with E-state index in [0.29, 0.717) is 18.3 Å². The molecule has 0 unspecified atom stereocenters. The smallest absolute Gasteiger partial charge is 0.246 e. The number of rotatable bonds is 8. The SMILES string of the molecule is CCN(C(=O)/C=C/c1ccc(S(=O)(=O)NCc2ccco2)cc1)C1CCCCC1. The topological polar surface area (TPSA) is 79.6 Å². The molecule has 156 valence electrons. The summed E-state index contributed by atoms with van der Waals surface area (Å²) in [5, 5.41) is 0. The van der Waals surface area contributed by atoms with E-state index in [0.717, 1.165) is 18.4 Å². The number of hydrogen-bond acceptors (Lipinski definition) is 4. The lowest BCUT2D eigenvalue weighted by atomic mass is 9.94. The quantitative estimate of drug-likeness (QED) is 0.661. The predicted octanol–water partition coefficient (Wildman–Crippen LogP) is 3.95. The number of carbonyl (C=O) groups excluding carboxylic acids is 1. The van der Waals surface area contributed by atoms with Gasteiger partial charge in [0.1, 0.15) is 5.76 Å². The van der Waals surface area contributed by atoms with Gasteiger partial charge in [-0.2, -0.15) is 0 Å². The molecule has 3 rings (SSSR count).